The molecule has 2 saturated heterocycles. The molecular weight excluding hydrogens is 370 g/mol. The van der Waals surface area contributed by atoms with Crippen LogP contribution in [0.5, 0.6) is 11.5 Å². The molecule has 2 aliphatic rings. The van der Waals surface area contributed by atoms with Gasteiger partial charge in [0.05, 0.1) is 26.9 Å². The smallest absolute Gasteiger partial charge is 0.194 e. The number of benzene rings is 1. The molecule has 0 spiro atoms. The van der Waals surface area contributed by atoms with Crippen LogP contribution in [0.15, 0.2) is 23.2 Å². The topological polar surface area (TPSA) is 64.6 Å². The summed E-state index contributed by atoms with van der Waals surface area (Å²) in [5.74, 6) is 2.51. The van der Waals surface area contributed by atoms with Crippen LogP contribution in [0.3, 0.4) is 0 Å². The van der Waals surface area contributed by atoms with Gasteiger partial charge in [-0.05, 0) is 50.3 Å². The summed E-state index contributed by atoms with van der Waals surface area (Å²) >= 11 is 0. The van der Waals surface area contributed by atoms with E-state index in [4.69, 9.17) is 23.9 Å². The third-order valence-corrected chi connectivity index (χ3v) is 5.44. The molecule has 2 heterocycles. The summed E-state index contributed by atoms with van der Waals surface area (Å²) in [5.41, 5.74) is 1.23. The molecule has 1 aromatic carbocycles. The van der Waals surface area contributed by atoms with E-state index < -0.39 is 0 Å². The second kappa shape index (κ2) is 11.3. The van der Waals surface area contributed by atoms with Crippen LogP contribution in [0.25, 0.3) is 0 Å². The fourth-order valence-corrected chi connectivity index (χ4v) is 3.92. The van der Waals surface area contributed by atoms with E-state index in [-0.39, 0.29) is 12.2 Å². The SMILES string of the molecule is CCNC(=NCCCc1ccc(OC)c(OC)c1)N1CCOC(C2CCCO2)C1. The molecule has 0 aliphatic carbocycles. The normalized spacial score (nSPS) is 22.6. The molecule has 7 heteroatoms. The van der Waals surface area contributed by atoms with Crippen LogP contribution in [0.2, 0.25) is 0 Å². The standard InChI is InChI=1S/C22H35N3O4/c1-4-23-22(25-12-14-29-21(16-25)19-8-6-13-28-19)24-11-5-7-17-9-10-18(26-2)20(15-17)27-3/h9-10,15,19,21H,4-8,11-14,16H2,1-3H3,(H,23,24). The van der Waals surface area contributed by atoms with Crippen LogP contribution in [-0.4, -0.2) is 76.7 Å². The van der Waals surface area contributed by atoms with Gasteiger partial charge in [0, 0.05) is 32.8 Å². The molecule has 0 bridgehead atoms. The van der Waals surface area contributed by atoms with E-state index >= 15 is 0 Å². The number of ether oxygens (including phenoxy) is 4. The van der Waals surface area contributed by atoms with Crippen molar-refractivity contribution in [2.24, 2.45) is 4.99 Å². The summed E-state index contributed by atoms with van der Waals surface area (Å²) in [7, 11) is 3.32. The van der Waals surface area contributed by atoms with Crippen molar-refractivity contribution in [3.63, 3.8) is 0 Å². The zero-order valence-corrected chi connectivity index (χ0v) is 18.0. The Hall–Kier alpha value is -1.99. The maximum absolute atomic E-state index is 5.97. The molecule has 0 radical (unpaired) electrons. The minimum Gasteiger partial charge on any atom is -0.493 e. The first-order valence-corrected chi connectivity index (χ1v) is 10.7. The lowest BCUT2D eigenvalue weighted by atomic mass is 10.1. The highest BCUT2D eigenvalue weighted by Crippen LogP contribution is 2.28. The largest absolute Gasteiger partial charge is 0.493 e. The first-order valence-electron chi connectivity index (χ1n) is 10.7. The Balaban J connectivity index is 1.53. The lowest BCUT2D eigenvalue weighted by molar-refractivity contribution is -0.0817. The van der Waals surface area contributed by atoms with E-state index in [2.05, 4.69) is 23.2 Å². The van der Waals surface area contributed by atoms with E-state index in [1.165, 1.54) is 5.56 Å². The fourth-order valence-electron chi connectivity index (χ4n) is 3.92. The van der Waals surface area contributed by atoms with Crippen molar-refractivity contribution in [2.75, 3.05) is 53.6 Å². The summed E-state index contributed by atoms with van der Waals surface area (Å²) in [4.78, 5) is 7.18. The predicted molar refractivity (Wildman–Crippen MR) is 114 cm³/mol. The maximum atomic E-state index is 5.97. The Bertz CT molecular complexity index is 661. The van der Waals surface area contributed by atoms with Crippen LogP contribution >= 0.6 is 0 Å². The Morgan fingerprint density at radius 3 is 2.72 bits per heavy atom. The average Bonchev–Trinajstić information content (AvgIpc) is 3.31. The monoisotopic (exact) mass is 405 g/mol. The van der Waals surface area contributed by atoms with Crippen molar-refractivity contribution < 1.29 is 18.9 Å². The molecule has 0 amide bonds. The van der Waals surface area contributed by atoms with Crippen molar-refractivity contribution >= 4 is 5.96 Å². The zero-order valence-electron chi connectivity index (χ0n) is 18.0. The molecule has 7 nitrogen and oxygen atoms in total. The maximum Gasteiger partial charge on any atom is 0.194 e. The molecule has 2 unspecified atom stereocenters. The Kier molecular flexibility index (Phi) is 8.43. The second-order valence-corrected chi connectivity index (χ2v) is 7.44. The summed E-state index contributed by atoms with van der Waals surface area (Å²) in [6, 6.07) is 6.09. The molecular formula is C22H35N3O4. The van der Waals surface area contributed by atoms with Gasteiger partial charge in [0.2, 0.25) is 0 Å². The number of methoxy groups -OCH3 is 2. The van der Waals surface area contributed by atoms with E-state index in [1.807, 2.05) is 12.1 Å². The van der Waals surface area contributed by atoms with Crippen LogP contribution in [-0.2, 0) is 15.9 Å². The molecule has 0 saturated carbocycles. The number of guanidine groups is 1. The third kappa shape index (κ3) is 6.00. The van der Waals surface area contributed by atoms with Crippen molar-refractivity contribution in [3.8, 4) is 11.5 Å². The highest BCUT2D eigenvalue weighted by molar-refractivity contribution is 5.80. The first-order chi connectivity index (χ1) is 14.2. The number of nitrogens with one attached hydrogen (secondary N) is 1. The Morgan fingerprint density at radius 2 is 2.00 bits per heavy atom. The van der Waals surface area contributed by atoms with E-state index in [0.717, 1.165) is 82.5 Å². The average molecular weight is 406 g/mol. The van der Waals surface area contributed by atoms with Gasteiger partial charge in [-0.2, -0.15) is 0 Å². The second-order valence-electron chi connectivity index (χ2n) is 7.44. The van der Waals surface area contributed by atoms with Gasteiger partial charge in [-0.15, -0.1) is 0 Å². The Morgan fingerprint density at radius 1 is 1.17 bits per heavy atom. The van der Waals surface area contributed by atoms with Gasteiger partial charge in [-0.1, -0.05) is 6.07 Å². The van der Waals surface area contributed by atoms with Gasteiger partial charge in [-0.25, -0.2) is 0 Å². The van der Waals surface area contributed by atoms with Crippen molar-refractivity contribution in [3.05, 3.63) is 23.8 Å². The highest BCUT2D eigenvalue weighted by Gasteiger charge is 2.32. The fraction of sp³-hybridized carbons (Fsp3) is 0.682. The van der Waals surface area contributed by atoms with E-state index in [9.17, 15) is 0 Å². The minimum absolute atomic E-state index is 0.141. The number of rotatable bonds is 8. The van der Waals surface area contributed by atoms with E-state index in [1.54, 1.807) is 14.2 Å². The molecule has 1 aromatic rings. The quantitative estimate of drug-likeness (QED) is 0.407. The van der Waals surface area contributed by atoms with Gasteiger partial charge in [0.15, 0.2) is 17.5 Å². The molecule has 162 valence electrons. The van der Waals surface area contributed by atoms with Gasteiger partial charge in [0.25, 0.3) is 0 Å². The molecule has 29 heavy (non-hydrogen) atoms. The van der Waals surface area contributed by atoms with E-state index in [0.29, 0.717) is 0 Å². The first kappa shape index (κ1) is 21.7. The lowest BCUT2D eigenvalue weighted by Crippen LogP contribution is -2.53. The van der Waals surface area contributed by atoms with Gasteiger partial charge in [-0.3, -0.25) is 4.99 Å². The van der Waals surface area contributed by atoms with Crippen molar-refractivity contribution in [1.82, 2.24) is 10.2 Å². The molecule has 0 aromatic heterocycles. The van der Waals surface area contributed by atoms with Crippen molar-refractivity contribution in [2.45, 2.75) is 44.8 Å². The number of morpholine rings is 1. The summed E-state index contributed by atoms with van der Waals surface area (Å²) in [5, 5.41) is 3.44. The van der Waals surface area contributed by atoms with Crippen LogP contribution < -0.4 is 14.8 Å². The molecule has 1 N–H and O–H groups in total. The van der Waals surface area contributed by atoms with Gasteiger partial charge < -0.3 is 29.2 Å². The lowest BCUT2D eigenvalue weighted by Gasteiger charge is -2.37. The number of aryl methyl sites for hydroxylation is 1. The number of hydrogen-bond donors (Lipinski definition) is 1. The summed E-state index contributed by atoms with van der Waals surface area (Å²) < 4.78 is 22.5. The predicted octanol–water partition coefficient (Wildman–Crippen LogP) is 2.48. The molecule has 3 rings (SSSR count). The third-order valence-electron chi connectivity index (χ3n) is 5.44. The minimum atomic E-state index is 0.141. The van der Waals surface area contributed by atoms with Gasteiger partial charge in [0.1, 0.15) is 6.10 Å². The molecule has 2 fully saturated rings. The van der Waals surface area contributed by atoms with Crippen LogP contribution in [0.1, 0.15) is 31.7 Å². The number of hydrogen-bond acceptors (Lipinski definition) is 5. The van der Waals surface area contributed by atoms with Crippen LogP contribution in [0, 0.1) is 0 Å². The van der Waals surface area contributed by atoms with Crippen LogP contribution in [0.4, 0.5) is 0 Å². The number of aliphatic imine (C=N–C) groups is 1. The highest BCUT2D eigenvalue weighted by atomic mass is 16.5. The van der Waals surface area contributed by atoms with Gasteiger partial charge >= 0.3 is 0 Å². The zero-order chi connectivity index (χ0) is 20.5. The molecule has 2 atom stereocenters. The number of nitrogens with zero attached hydrogens (tertiary/aromatic N) is 2. The summed E-state index contributed by atoms with van der Waals surface area (Å²) in [6.07, 6.45) is 4.52. The molecule has 2 aliphatic heterocycles. The summed E-state index contributed by atoms with van der Waals surface area (Å²) in [6.45, 7) is 7.03. The Labute approximate surface area is 174 Å². The van der Waals surface area contributed by atoms with Crippen molar-refractivity contribution in [1.29, 1.82) is 0 Å².